The van der Waals surface area contributed by atoms with E-state index in [0.29, 0.717) is 24.1 Å². The van der Waals surface area contributed by atoms with Crippen molar-refractivity contribution in [1.29, 1.82) is 0 Å². The molecule has 4 heterocycles. The predicted molar refractivity (Wildman–Crippen MR) is 114 cm³/mol. The molecular formula is C22H23N7O2. The van der Waals surface area contributed by atoms with E-state index in [4.69, 9.17) is 4.74 Å². The molecule has 1 saturated carbocycles. The third-order valence-corrected chi connectivity index (χ3v) is 5.98. The topological polar surface area (TPSA) is 106 Å². The molecule has 1 aliphatic carbocycles. The number of hydrogen-bond acceptors (Lipinski definition) is 8. The van der Waals surface area contributed by atoms with Crippen LogP contribution in [-0.4, -0.2) is 49.9 Å². The molecule has 2 aliphatic rings. The van der Waals surface area contributed by atoms with E-state index in [-0.39, 0.29) is 6.09 Å². The zero-order valence-electron chi connectivity index (χ0n) is 17.0. The summed E-state index contributed by atoms with van der Waals surface area (Å²) in [7, 11) is 0. The number of rotatable bonds is 5. The van der Waals surface area contributed by atoms with Crippen LogP contribution < -0.4 is 10.2 Å². The molecule has 0 radical (unpaired) electrons. The lowest BCUT2D eigenvalue weighted by Crippen LogP contribution is -2.39. The average Bonchev–Trinajstić information content (AvgIpc) is 3.16. The highest BCUT2D eigenvalue weighted by Crippen LogP contribution is 2.40. The van der Waals surface area contributed by atoms with Crippen LogP contribution in [0.1, 0.15) is 25.7 Å². The van der Waals surface area contributed by atoms with Gasteiger partial charge in [0.2, 0.25) is 0 Å². The fourth-order valence-electron chi connectivity index (χ4n) is 4.23. The standard InChI is InChI=1S/C22H23N7O2/c30-21-29(19-3-1-12-27-28-19)15-22(31-21)8-6-16(7-9-22)13-25-18-5-4-17(14-26-18)20-23-10-2-11-24-20/h1-5,10-12,14,16H,6-9,13,15H2,(H,25,26). The molecule has 1 spiro atoms. The van der Waals surface area contributed by atoms with E-state index >= 15 is 0 Å². The molecule has 0 bridgehead atoms. The minimum atomic E-state index is -0.416. The number of nitrogens with zero attached hydrogens (tertiary/aromatic N) is 6. The van der Waals surface area contributed by atoms with Gasteiger partial charge in [-0.1, -0.05) is 0 Å². The number of pyridine rings is 1. The van der Waals surface area contributed by atoms with Crippen LogP contribution in [0.4, 0.5) is 16.4 Å². The maximum atomic E-state index is 12.4. The van der Waals surface area contributed by atoms with Crippen molar-refractivity contribution in [2.45, 2.75) is 31.3 Å². The number of anilines is 2. The summed E-state index contributed by atoms with van der Waals surface area (Å²) in [5, 5.41) is 11.3. The van der Waals surface area contributed by atoms with Gasteiger partial charge in [0, 0.05) is 36.9 Å². The molecule has 158 valence electrons. The Labute approximate surface area is 179 Å². The van der Waals surface area contributed by atoms with E-state index in [1.165, 1.54) is 0 Å². The summed E-state index contributed by atoms with van der Waals surface area (Å²) >= 11 is 0. The van der Waals surface area contributed by atoms with Crippen LogP contribution in [-0.2, 0) is 4.74 Å². The summed E-state index contributed by atoms with van der Waals surface area (Å²) in [6, 6.07) is 9.27. The van der Waals surface area contributed by atoms with Crippen molar-refractivity contribution in [3.05, 3.63) is 55.1 Å². The fourth-order valence-corrected chi connectivity index (χ4v) is 4.23. The third-order valence-electron chi connectivity index (χ3n) is 5.98. The van der Waals surface area contributed by atoms with E-state index < -0.39 is 5.60 Å². The largest absolute Gasteiger partial charge is 0.441 e. The molecule has 1 saturated heterocycles. The Kier molecular flexibility index (Phi) is 5.15. The summed E-state index contributed by atoms with van der Waals surface area (Å²) < 4.78 is 5.80. The minimum absolute atomic E-state index is 0.330. The van der Waals surface area contributed by atoms with Gasteiger partial charge in [0.25, 0.3) is 0 Å². The van der Waals surface area contributed by atoms with Gasteiger partial charge in [0.05, 0.1) is 6.54 Å². The van der Waals surface area contributed by atoms with Crippen molar-refractivity contribution >= 4 is 17.7 Å². The molecule has 9 heteroatoms. The molecule has 1 aliphatic heterocycles. The van der Waals surface area contributed by atoms with E-state index in [2.05, 4.69) is 30.5 Å². The van der Waals surface area contributed by atoms with Gasteiger partial charge >= 0.3 is 6.09 Å². The van der Waals surface area contributed by atoms with E-state index in [0.717, 1.165) is 43.6 Å². The monoisotopic (exact) mass is 417 g/mol. The highest BCUT2D eigenvalue weighted by atomic mass is 16.6. The Hall–Kier alpha value is -3.62. The first-order chi connectivity index (χ1) is 15.2. The van der Waals surface area contributed by atoms with E-state index in [9.17, 15) is 4.79 Å². The third kappa shape index (κ3) is 4.16. The normalized spacial score (nSPS) is 23.0. The number of nitrogens with one attached hydrogen (secondary N) is 1. The lowest BCUT2D eigenvalue weighted by molar-refractivity contribution is 0.0148. The molecule has 2 fully saturated rings. The van der Waals surface area contributed by atoms with Crippen LogP contribution in [0, 0.1) is 5.92 Å². The molecule has 1 N–H and O–H groups in total. The molecule has 1 amide bonds. The Morgan fingerprint density at radius 2 is 1.90 bits per heavy atom. The van der Waals surface area contributed by atoms with Crippen molar-refractivity contribution in [1.82, 2.24) is 25.1 Å². The van der Waals surface area contributed by atoms with Crippen LogP contribution >= 0.6 is 0 Å². The molecule has 3 aromatic heterocycles. The van der Waals surface area contributed by atoms with E-state index in [1.54, 1.807) is 47.9 Å². The Morgan fingerprint density at radius 1 is 1.06 bits per heavy atom. The lowest BCUT2D eigenvalue weighted by Gasteiger charge is -2.35. The number of ether oxygens (including phenoxy) is 1. The Balaban J connectivity index is 1.14. The van der Waals surface area contributed by atoms with Crippen molar-refractivity contribution < 1.29 is 9.53 Å². The summed E-state index contributed by atoms with van der Waals surface area (Å²) in [4.78, 5) is 26.9. The van der Waals surface area contributed by atoms with Gasteiger partial charge in [0.1, 0.15) is 11.4 Å². The van der Waals surface area contributed by atoms with Crippen molar-refractivity contribution in [2.75, 3.05) is 23.3 Å². The molecule has 0 aromatic carbocycles. The van der Waals surface area contributed by atoms with Crippen molar-refractivity contribution in [2.24, 2.45) is 5.92 Å². The second kappa shape index (κ2) is 8.25. The maximum Gasteiger partial charge on any atom is 0.416 e. The van der Waals surface area contributed by atoms with Gasteiger partial charge in [-0.15, -0.1) is 5.10 Å². The van der Waals surface area contributed by atoms with Gasteiger partial charge < -0.3 is 10.1 Å². The second-order valence-electron chi connectivity index (χ2n) is 8.05. The Bertz CT molecular complexity index is 1020. The number of amides is 1. The van der Waals surface area contributed by atoms with Crippen molar-refractivity contribution in [3.8, 4) is 11.4 Å². The van der Waals surface area contributed by atoms with Gasteiger partial charge in [-0.2, -0.15) is 5.10 Å². The van der Waals surface area contributed by atoms with Crippen LogP contribution in [0.15, 0.2) is 55.1 Å². The van der Waals surface area contributed by atoms with Crippen LogP contribution in [0.25, 0.3) is 11.4 Å². The van der Waals surface area contributed by atoms with Gasteiger partial charge in [-0.25, -0.2) is 19.7 Å². The number of aromatic nitrogens is 5. The number of carbonyl (C=O) groups is 1. The van der Waals surface area contributed by atoms with Crippen molar-refractivity contribution in [3.63, 3.8) is 0 Å². The van der Waals surface area contributed by atoms with Gasteiger partial charge in [0.15, 0.2) is 11.6 Å². The van der Waals surface area contributed by atoms with E-state index in [1.807, 2.05) is 12.1 Å². The Morgan fingerprint density at radius 3 is 2.61 bits per heavy atom. The molecule has 3 aromatic rings. The molecular weight excluding hydrogens is 394 g/mol. The average molecular weight is 417 g/mol. The first-order valence-corrected chi connectivity index (χ1v) is 10.5. The van der Waals surface area contributed by atoms with Gasteiger partial charge in [-0.05, 0) is 61.9 Å². The quantitative estimate of drug-likeness (QED) is 0.674. The summed E-state index contributed by atoms with van der Waals surface area (Å²) in [6.07, 6.45) is 10.2. The summed E-state index contributed by atoms with van der Waals surface area (Å²) in [6.45, 7) is 1.38. The lowest BCUT2D eigenvalue weighted by atomic mass is 9.78. The predicted octanol–water partition coefficient (Wildman–Crippen LogP) is 3.33. The summed E-state index contributed by atoms with van der Waals surface area (Å²) in [5.41, 5.74) is 0.474. The molecule has 9 nitrogen and oxygen atoms in total. The molecule has 0 atom stereocenters. The van der Waals surface area contributed by atoms with Gasteiger partial charge in [-0.3, -0.25) is 4.90 Å². The van der Waals surface area contributed by atoms with Crippen LogP contribution in [0.5, 0.6) is 0 Å². The number of hydrogen-bond donors (Lipinski definition) is 1. The zero-order chi connectivity index (χ0) is 21.1. The summed E-state index contributed by atoms with van der Waals surface area (Å²) in [5.74, 6) is 2.55. The first kappa shape index (κ1) is 19.3. The first-order valence-electron chi connectivity index (χ1n) is 10.5. The smallest absolute Gasteiger partial charge is 0.416 e. The molecule has 31 heavy (non-hydrogen) atoms. The minimum Gasteiger partial charge on any atom is -0.441 e. The van der Waals surface area contributed by atoms with Crippen LogP contribution in [0.2, 0.25) is 0 Å². The zero-order valence-corrected chi connectivity index (χ0v) is 17.0. The second-order valence-corrected chi connectivity index (χ2v) is 8.05. The molecule has 5 rings (SSSR count). The fraction of sp³-hybridized carbons (Fsp3) is 0.364. The van der Waals surface area contributed by atoms with Crippen LogP contribution in [0.3, 0.4) is 0 Å². The maximum absolute atomic E-state index is 12.4. The highest BCUT2D eigenvalue weighted by Gasteiger charge is 2.48. The molecule has 0 unspecified atom stereocenters. The number of carbonyl (C=O) groups excluding carboxylic acids is 1. The SMILES string of the molecule is O=C1OC2(CCC(CNc3ccc(-c4ncccn4)cn3)CC2)CN1c1cccnn1. The highest BCUT2D eigenvalue weighted by molar-refractivity contribution is 5.89.